The summed E-state index contributed by atoms with van der Waals surface area (Å²) in [5, 5.41) is 27.4. The standard InChI is InChI=1S/C50H29N5/c51-30-32-24-26-47-40(28-32)38-15-4-9-20-45(38)54(47)42-17-6-1-12-35(42)33-25-27-41(34(29-33)31-52)53-46-21-10-5-16-39(46)50-48(53)22-11-23-49(50)55-43-18-7-2-13-36(43)37-14-3-8-19-44(37)55/h1-29H. The average Bonchev–Trinajstić information content (AvgIpc) is 3.89. The third kappa shape index (κ3) is 4.39. The van der Waals surface area contributed by atoms with Gasteiger partial charge in [-0.1, -0.05) is 103 Å². The van der Waals surface area contributed by atoms with E-state index in [0.717, 1.165) is 82.8 Å². The van der Waals surface area contributed by atoms with Crippen molar-refractivity contribution in [3.05, 3.63) is 187 Å². The van der Waals surface area contributed by atoms with Gasteiger partial charge >= 0.3 is 0 Å². The minimum Gasteiger partial charge on any atom is -0.309 e. The highest BCUT2D eigenvalue weighted by atomic mass is 15.0. The van der Waals surface area contributed by atoms with Crippen LogP contribution in [0.25, 0.3) is 93.6 Å². The van der Waals surface area contributed by atoms with Gasteiger partial charge in [-0.25, -0.2) is 0 Å². The highest BCUT2D eigenvalue weighted by molar-refractivity contribution is 6.16. The molecule has 0 spiro atoms. The van der Waals surface area contributed by atoms with Gasteiger partial charge in [-0.15, -0.1) is 0 Å². The highest BCUT2D eigenvalue weighted by Gasteiger charge is 2.22. The van der Waals surface area contributed by atoms with Crippen LogP contribution in [0.1, 0.15) is 11.1 Å². The third-order valence-electron chi connectivity index (χ3n) is 11.1. The van der Waals surface area contributed by atoms with Crippen LogP contribution in [0.3, 0.4) is 0 Å². The molecule has 0 radical (unpaired) electrons. The summed E-state index contributed by atoms with van der Waals surface area (Å²) in [7, 11) is 0. The molecule has 0 fully saturated rings. The van der Waals surface area contributed by atoms with Gasteiger partial charge in [-0.2, -0.15) is 10.5 Å². The number of nitriles is 2. The summed E-state index contributed by atoms with van der Waals surface area (Å²) in [6, 6.07) is 65.9. The van der Waals surface area contributed by atoms with E-state index in [1.54, 1.807) is 0 Å². The van der Waals surface area contributed by atoms with Gasteiger partial charge in [-0.3, -0.25) is 0 Å². The van der Waals surface area contributed by atoms with Crippen LogP contribution in [0.5, 0.6) is 0 Å². The van der Waals surface area contributed by atoms with E-state index in [4.69, 9.17) is 0 Å². The first-order valence-electron chi connectivity index (χ1n) is 18.3. The molecule has 5 nitrogen and oxygen atoms in total. The molecule has 55 heavy (non-hydrogen) atoms. The van der Waals surface area contributed by atoms with Crippen LogP contribution < -0.4 is 0 Å². The van der Waals surface area contributed by atoms with Crippen LogP contribution in [0.15, 0.2) is 176 Å². The Morgan fingerprint density at radius 3 is 1.53 bits per heavy atom. The molecule has 254 valence electrons. The number of fused-ring (bicyclic) bond motifs is 9. The van der Waals surface area contributed by atoms with Crippen molar-refractivity contribution in [1.29, 1.82) is 10.5 Å². The number of aromatic nitrogens is 3. The average molecular weight is 700 g/mol. The molecule has 3 aromatic heterocycles. The highest BCUT2D eigenvalue weighted by Crippen LogP contribution is 2.42. The topological polar surface area (TPSA) is 62.4 Å². The number of nitrogens with zero attached hydrogens (tertiary/aromatic N) is 5. The Bertz CT molecular complexity index is 3420. The summed E-state index contributed by atoms with van der Waals surface area (Å²) in [6.45, 7) is 0. The smallest absolute Gasteiger partial charge is 0.101 e. The van der Waals surface area contributed by atoms with Crippen molar-refractivity contribution in [3.8, 4) is 40.3 Å². The van der Waals surface area contributed by atoms with E-state index >= 15 is 0 Å². The molecule has 0 aliphatic carbocycles. The zero-order valence-corrected chi connectivity index (χ0v) is 29.5. The number of rotatable bonds is 4. The van der Waals surface area contributed by atoms with E-state index < -0.39 is 0 Å². The maximum atomic E-state index is 10.9. The van der Waals surface area contributed by atoms with E-state index in [1.165, 1.54) is 10.8 Å². The Morgan fingerprint density at radius 1 is 0.345 bits per heavy atom. The lowest BCUT2D eigenvalue weighted by Crippen LogP contribution is -2.00. The van der Waals surface area contributed by atoms with Crippen molar-refractivity contribution >= 4 is 65.4 Å². The van der Waals surface area contributed by atoms with Crippen LogP contribution in [0, 0.1) is 22.7 Å². The van der Waals surface area contributed by atoms with Crippen LogP contribution in [-0.2, 0) is 0 Å². The molecule has 5 heteroatoms. The first-order valence-corrected chi connectivity index (χ1v) is 18.3. The number of benzene rings is 8. The van der Waals surface area contributed by atoms with Crippen molar-refractivity contribution in [2.75, 3.05) is 0 Å². The summed E-state index contributed by atoms with van der Waals surface area (Å²) < 4.78 is 6.89. The number of hydrogen-bond acceptors (Lipinski definition) is 2. The number of hydrogen-bond donors (Lipinski definition) is 0. The molecule has 3 heterocycles. The molecular formula is C50H29N5. The Balaban J connectivity index is 1.13. The molecule has 8 aromatic carbocycles. The Kier molecular flexibility index (Phi) is 6.61. The zero-order valence-electron chi connectivity index (χ0n) is 29.5. The van der Waals surface area contributed by atoms with Crippen molar-refractivity contribution in [3.63, 3.8) is 0 Å². The molecule has 0 N–H and O–H groups in total. The van der Waals surface area contributed by atoms with Crippen molar-refractivity contribution in [2.24, 2.45) is 0 Å². The summed E-state index contributed by atoms with van der Waals surface area (Å²) in [5.41, 5.74) is 12.6. The first-order chi connectivity index (χ1) is 27.2. The van der Waals surface area contributed by atoms with Crippen molar-refractivity contribution in [1.82, 2.24) is 13.7 Å². The second-order valence-electron chi connectivity index (χ2n) is 14.0. The molecular weight excluding hydrogens is 671 g/mol. The van der Waals surface area contributed by atoms with Gasteiger partial charge in [0, 0.05) is 37.9 Å². The fourth-order valence-corrected chi connectivity index (χ4v) is 8.83. The van der Waals surface area contributed by atoms with Crippen LogP contribution >= 0.6 is 0 Å². The second-order valence-corrected chi connectivity index (χ2v) is 14.0. The lowest BCUT2D eigenvalue weighted by molar-refractivity contribution is 1.16. The fourth-order valence-electron chi connectivity index (χ4n) is 8.83. The second kappa shape index (κ2) is 11.8. The molecule has 0 bridgehead atoms. The van der Waals surface area contributed by atoms with Gasteiger partial charge in [0.2, 0.25) is 0 Å². The lowest BCUT2D eigenvalue weighted by Gasteiger charge is -2.16. The van der Waals surface area contributed by atoms with E-state index in [0.29, 0.717) is 11.1 Å². The lowest BCUT2D eigenvalue weighted by atomic mass is 10.00. The van der Waals surface area contributed by atoms with E-state index in [2.05, 4.69) is 159 Å². The summed E-state index contributed by atoms with van der Waals surface area (Å²) in [4.78, 5) is 0. The maximum Gasteiger partial charge on any atom is 0.101 e. The molecule has 0 saturated carbocycles. The minimum atomic E-state index is 0.582. The van der Waals surface area contributed by atoms with Crippen molar-refractivity contribution < 1.29 is 0 Å². The monoisotopic (exact) mass is 699 g/mol. The Hall–Kier alpha value is -7.86. The molecule has 0 atom stereocenters. The van der Waals surface area contributed by atoms with Crippen LogP contribution in [0.2, 0.25) is 0 Å². The largest absolute Gasteiger partial charge is 0.309 e. The summed E-state index contributed by atoms with van der Waals surface area (Å²) in [6.07, 6.45) is 0. The number of para-hydroxylation sites is 5. The van der Waals surface area contributed by atoms with Gasteiger partial charge in [-0.05, 0) is 78.4 Å². The molecule has 11 aromatic rings. The van der Waals surface area contributed by atoms with Gasteiger partial charge < -0.3 is 13.7 Å². The van der Waals surface area contributed by atoms with Gasteiger partial charge in [0.05, 0.1) is 67.4 Å². The summed E-state index contributed by atoms with van der Waals surface area (Å²) >= 11 is 0. The van der Waals surface area contributed by atoms with Gasteiger partial charge in [0.25, 0.3) is 0 Å². The Labute approximate surface area is 316 Å². The third-order valence-corrected chi connectivity index (χ3v) is 11.1. The predicted octanol–water partition coefficient (Wildman–Crippen LogP) is 12.4. The van der Waals surface area contributed by atoms with Gasteiger partial charge in [0.15, 0.2) is 0 Å². The molecule has 0 unspecified atom stereocenters. The SMILES string of the molecule is N#Cc1ccc2c(c1)c1ccccc1n2-c1ccccc1-c1ccc(-n2c3ccccc3c3c(-n4c5ccccc5c5ccccc54)cccc32)c(C#N)c1. The first kappa shape index (κ1) is 30.7. The molecule has 11 rings (SSSR count). The van der Waals surface area contributed by atoms with Crippen LogP contribution in [0.4, 0.5) is 0 Å². The van der Waals surface area contributed by atoms with Crippen LogP contribution in [-0.4, -0.2) is 13.7 Å². The summed E-state index contributed by atoms with van der Waals surface area (Å²) in [5.74, 6) is 0. The molecule has 0 aliphatic rings. The molecule has 0 aliphatic heterocycles. The zero-order chi connectivity index (χ0) is 36.6. The van der Waals surface area contributed by atoms with E-state index in [1.807, 2.05) is 42.5 Å². The fraction of sp³-hybridized carbons (Fsp3) is 0. The Morgan fingerprint density at radius 2 is 0.855 bits per heavy atom. The van der Waals surface area contributed by atoms with E-state index in [-0.39, 0.29) is 0 Å². The minimum absolute atomic E-state index is 0.582. The maximum absolute atomic E-state index is 10.9. The quantitative estimate of drug-likeness (QED) is 0.184. The predicted molar refractivity (Wildman–Crippen MR) is 224 cm³/mol. The normalized spacial score (nSPS) is 11.6. The van der Waals surface area contributed by atoms with Gasteiger partial charge in [0.1, 0.15) is 6.07 Å². The van der Waals surface area contributed by atoms with Crippen molar-refractivity contribution in [2.45, 2.75) is 0 Å². The van der Waals surface area contributed by atoms with E-state index in [9.17, 15) is 10.5 Å². The molecule has 0 saturated heterocycles. The molecule has 0 amide bonds.